The minimum Gasteiger partial charge on any atom is -0.471 e. The summed E-state index contributed by atoms with van der Waals surface area (Å²) in [5.41, 5.74) is -0.520. The summed E-state index contributed by atoms with van der Waals surface area (Å²) >= 11 is 6.48. The molecule has 1 atom stereocenters. The first-order valence-corrected chi connectivity index (χ1v) is 7.07. The van der Waals surface area contributed by atoms with E-state index >= 15 is 0 Å². The SMILES string of the molecule is CC(C)(CBr)C(=O)C(Br)Oc1ccc(F)cc1. The van der Waals surface area contributed by atoms with Crippen molar-refractivity contribution in [3.05, 3.63) is 30.1 Å². The van der Waals surface area contributed by atoms with Gasteiger partial charge in [-0.2, -0.15) is 0 Å². The van der Waals surface area contributed by atoms with E-state index in [0.29, 0.717) is 11.1 Å². The Hall–Kier alpha value is -0.420. The first-order chi connectivity index (χ1) is 7.86. The van der Waals surface area contributed by atoms with Crippen molar-refractivity contribution in [3.8, 4) is 5.75 Å². The number of ether oxygens (including phenoxy) is 1. The molecule has 0 spiro atoms. The highest BCUT2D eigenvalue weighted by Gasteiger charge is 2.32. The van der Waals surface area contributed by atoms with Crippen LogP contribution in [0.5, 0.6) is 5.75 Å². The van der Waals surface area contributed by atoms with Crippen molar-refractivity contribution in [1.29, 1.82) is 0 Å². The minimum absolute atomic E-state index is 0.0706. The van der Waals surface area contributed by atoms with Crippen molar-refractivity contribution < 1.29 is 13.9 Å². The second kappa shape index (κ2) is 5.96. The van der Waals surface area contributed by atoms with Gasteiger partial charge in [0.15, 0.2) is 5.78 Å². The summed E-state index contributed by atoms with van der Waals surface area (Å²) < 4.78 is 18.1. The maximum Gasteiger partial charge on any atom is 0.211 e. The molecule has 17 heavy (non-hydrogen) atoms. The fourth-order valence-corrected chi connectivity index (χ4v) is 2.17. The lowest BCUT2D eigenvalue weighted by Gasteiger charge is -2.23. The van der Waals surface area contributed by atoms with Crippen LogP contribution in [-0.4, -0.2) is 16.1 Å². The first kappa shape index (κ1) is 14.6. The van der Waals surface area contributed by atoms with E-state index in [0.717, 1.165) is 0 Å². The van der Waals surface area contributed by atoms with E-state index in [9.17, 15) is 9.18 Å². The summed E-state index contributed by atoms with van der Waals surface area (Å²) in [6.45, 7) is 3.65. The Bertz CT molecular complexity index is 390. The number of rotatable bonds is 5. The summed E-state index contributed by atoms with van der Waals surface area (Å²) in [4.78, 5) is 12.0. The third kappa shape index (κ3) is 4.07. The Morgan fingerprint density at radius 1 is 1.41 bits per heavy atom. The molecule has 94 valence electrons. The zero-order valence-corrected chi connectivity index (χ0v) is 12.7. The first-order valence-electron chi connectivity index (χ1n) is 5.03. The van der Waals surface area contributed by atoms with Gasteiger partial charge in [0.25, 0.3) is 0 Å². The molecule has 5 heteroatoms. The highest BCUT2D eigenvalue weighted by molar-refractivity contribution is 9.10. The fraction of sp³-hybridized carbons (Fsp3) is 0.417. The summed E-state index contributed by atoms with van der Waals surface area (Å²) in [5.74, 6) is 0.0429. The molecule has 0 aliphatic carbocycles. The Morgan fingerprint density at radius 3 is 2.41 bits per heavy atom. The molecule has 1 aromatic carbocycles. The topological polar surface area (TPSA) is 26.3 Å². The van der Waals surface area contributed by atoms with Crippen molar-refractivity contribution in [2.45, 2.75) is 18.9 Å². The molecule has 0 radical (unpaired) electrons. The molecule has 0 aliphatic rings. The Balaban J connectivity index is 2.69. The van der Waals surface area contributed by atoms with Crippen LogP contribution in [0.4, 0.5) is 4.39 Å². The molecule has 0 fully saturated rings. The van der Waals surface area contributed by atoms with Crippen LogP contribution < -0.4 is 4.74 Å². The zero-order valence-electron chi connectivity index (χ0n) is 9.54. The number of ketones is 1. The largest absolute Gasteiger partial charge is 0.471 e. The van der Waals surface area contributed by atoms with E-state index < -0.39 is 10.4 Å². The Kier molecular flexibility index (Phi) is 5.13. The van der Waals surface area contributed by atoms with Gasteiger partial charge in [0, 0.05) is 10.7 Å². The number of halogens is 3. The normalized spacial score (nSPS) is 13.2. The van der Waals surface area contributed by atoms with Gasteiger partial charge in [0.2, 0.25) is 5.01 Å². The van der Waals surface area contributed by atoms with Gasteiger partial charge in [-0.15, -0.1) is 0 Å². The van der Waals surface area contributed by atoms with Crippen molar-refractivity contribution >= 4 is 37.6 Å². The summed E-state index contributed by atoms with van der Waals surface area (Å²) in [7, 11) is 0. The lowest BCUT2D eigenvalue weighted by Crippen LogP contribution is -2.35. The Labute approximate surface area is 117 Å². The lowest BCUT2D eigenvalue weighted by molar-refractivity contribution is -0.129. The van der Waals surface area contributed by atoms with E-state index in [1.165, 1.54) is 24.3 Å². The maximum absolute atomic E-state index is 12.7. The molecule has 2 nitrogen and oxygen atoms in total. The maximum atomic E-state index is 12.7. The highest BCUT2D eigenvalue weighted by Crippen LogP contribution is 2.26. The zero-order chi connectivity index (χ0) is 13.1. The molecular formula is C12H13Br2FO2. The summed E-state index contributed by atoms with van der Waals surface area (Å²) in [6.07, 6.45) is 0. The number of benzene rings is 1. The number of hydrogen-bond donors (Lipinski definition) is 0. The lowest BCUT2D eigenvalue weighted by atomic mass is 9.91. The number of hydrogen-bond acceptors (Lipinski definition) is 2. The molecule has 0 N–H and O–H groups in total. The monoisotopic (exact) mass is 366 g/mol. The molecule has 0 bridgehead atoms. The van der Waals surface area contributed by atoms with Crippen LogP contribution >= 0.6 is 31.9 Å². The predicted octanol–water partition coefficient (Wildman–Crippen LogP) is 3.92. The molecule has 1 aromatic rings. The van der Waals surface area contributed by atoms with Crippen LogP contribution in [0.1, 0.15) is 13.8 Å². The molecule has 0 aliphatic heterocycles. The van der Waals surface area contributed by atoms with E-state index in [1.54, 1.807) is 0 Å². The van der Waals surface area contributed by atoms with Crippen molar-refractivity contribution in [3.63, 3.8) is 0 Å². The van der Waals surface area contributed by atoms with Gasteiger partial charge in [-0.05, 0) is 40.2 Å². The van der Waals surface area contributed by atoms with Crippen molar-refractivity contribution in [1.82, 2.24) is 0 Å². The molecule has 0 saturated heterocycles. The smallest absolute Gasteiger partial charge is 0.211 e. The van der Waals surface area contributed by atoms with Crippen LogP contribution in [0.15, 0.2) is 24.3 Å². The third-order valence-electron chi connectivity index (χ3n) is 2.26. The van der Waals surface area contributed by atoms with E-state index in [1.807, 2.05) is 13.8 Å². The molecular weight excluding hydrogens is 355 g/mol. The third-order valence-corrected chi connectivity index (χ3v) is 4.27. The van der Waals surface area contributed by atoms with E-state index in [4.69, 9.17) is 4.74 Å². The summed E-state index contributed by atoms with van der Waals surface area (Å²) in [5, 5.41) is -0.186. The fourth-order valence-electron chi connectivity index (χ4n) is 1.06. The summed E-state index contributed by atoms with van der Waals surface area (Å²) in [6, 6.07) is 5.54. The second-order valence-corrected chi connectivity index (χ2v) is 5.66. The standard InChI is InChI=1S/C12H13Br2FO2/c1-12(2,7-13)10(16)11(14)17-9-5-3-8(15)4-6-9/h3-6,11H,7H2,1-2H3. The van der Waals surface area contributed by atoms with Gasteiger partial charge >= 0.3 is 0 Å². The van der Waals surface area contributed by atoms with Crippen LogP contribution in [0.2, 0.25) is 0 Å². The van der Waals surface area contributed by atoms with Crippen LogP contribution in [0.25, 0.3) is 0 Å². The quantitative estimate of drug-likeness (QED) is 0.737. The second-order valence-electron chi connectivity index (χ2n) is 4.27. The molecule has 0 amide bonds. The number of carbonyl (C=O) groups excluding carboxylic acids is 1. The number of Topliss-reactive ketones (excluding diaryl/α,β-unsaturated/α-hetero) is 1. The van der Waals surface area contributed by atoms with E-state index in [-0.39, 0.29) is 11.6 Å². The number of alkyl halides is 2. The van der Waals surface area contributed by atoms with Gasteiger partial charge in [-0.1, -0.05) is 29.8 Å². The average molecular weight is 368 g/mol. The van der Waals surface area contributed by atoms with Crippen LogP contribution in [0.3, 0.4) is 0 Å². The minimum atomic E-state index is -0.736. The van der Waals surface area contributed by atoms with Gasteiger partial charge < -0.3 is 4.74 Å². The molecule has 1 rings (SSSR count). The highest BCUT2D eigenvalue weighted by atomic mass is 79.9. The van der Waals surface area contributed by atoms with Gasteiger partial charge in [0.05, 0.1) is 0 Å². The molecule has 0 heterocycles. The average Bonchev–Trinajstić information content (AvgIpc) is 2.31. The van der Waals surface area contributed by atoms with Gasteiger partial charge in [0.1, 0.15) is 11.6 Å². The molecule has 1 unspecified atom stereocenters. The van der Waals surface area contributed by atoms with Gasteiger partial charge in [-0.25, -0.2) is 4.39 Å². The van der Waals surface area contributed by atoms with E-state index in [2.05, 4.69) is 31.9 Å². The number of carbonyl (C=O) groups is 1. The molecule has 0 saturated carbocycles. The van der Waals surface area contributed by atoms with Crippen LogP contribution in [0, 0.1) is 11.2 Å². The van der Waals surface area contributed by atoms with Gasteiger partial charge in [-0.3, -0.25) is 4.79 Å². The predicted molar refractivity (Wildman–Crippen MR) is 72.3 cm³/mol. The van der Waals surface area contributed by atoms with Crippen LogP contribution in [-0.2, 0) is 4.79 Å². The molecule has 0 aromatic heterocycles. The Morgan fingerprint density at radius 2 is 1.94 bits per heavy atom. The van der Waals surface area contributed by atoms with Crippen molar-refractivity contribution in [2.24, 2.45) is 5.41 Å². The van der Waals surface area contributed by atoms with Crippen molar-refractivity contribution in [2.75, 3.05) is 5.33 Å².